The minimum atomic E-state index is -4.49. The summed E-state index contributed by atoms with van der Waals surface area (Å²) in [7, 11) is -3.41. The molecular formula is C21H15ClF3N3O2S. The number of rotatable bonds is 4. The number of nitrogens with zero attached hydrogens (tertiary/aromatic N) is 1. The lowest BCUT2D eigenvalue weighted by atomic mass is 10.0. The summed E-state index contributed by atoms with van der Waals surface area (Å²) >= 11 is 6.06. The highest BCUT2D eigenvalue weighted by atomic mass is 35.5. The number of hydrogen-bond acceptors (Lipinski definition) is 4. The summed E-state index contributed by atoms with van der Waals surface area (Å²) in [5, 5.41) is 4.80. The molecule has 0 saturated carbocycles. The normalized spacial score (nSPS) is 12.3. The van der Waals surface area contributed by atoms with E-state index in [1.807, 2.05) is 0 Å². The van der Waals surface area contributed by atoms with Crippen molar-refractivity contribution in [3.63, 3.8) is 0 Å². The van der Waals surface area contributed by atoms with Gasteiger partial charge in [0.15, 0.2) is 0 Å². The highest BCUT2D eigenvalue weighted by molar-refractivity contribution is 7.92. The quantitative estimate of drug-likeness (QED) is 0.353. The fourth-order valence-electron chi connectivity index (χ4n) is 3.21. The summed E-state index contributed by atoms with van der Waals surface area (Å²) in [6, 6.07) is 14.9. The van der Waals surface area contributed by atoms with E-state index in [1.54, 1.807) is 42.5 Å². The first-order chi connectivity index (χ1) is 14.5. The van der Waals surface area contributed by atoms with Crippen molar-refractivity contribution < 1.29 is 21.6 Å². The summed E-state index contributed by atoms with van der Waals surface area (Å²) in [4.78, 5) is 4.37. The predicted molar refractivity (Wildman–Crippen MR) is 117 cm³/mol. The number of alkyl halides is 3. The third-order valence-corrected chi connectivity index (χ3v) is 5.36. The van der Waals surface area contributed by atoms with E-state index in [4.69, 9.17) is 11.6 Å². The van der Waals surface area contributed by atoms with Crippen molar-refractivity contribution in [1.82, 2.24) is 4.98 Å². The molecule has 0 aliphatic heterocycles. The van der Waals surface area contributed by atoms with Crippen LogP contribution in [0.15, 0.2) is 60.7 Å². The van der Waals surface area contributed by atoms with Crippen LogP contribution in [-0.4, -0.2) is 19.7 Å². The third-order valence-electron chi connectivity index (χ3n) is 4.52. The van der Waals surface area contributed by atoms with Crippen molar-refractivity contribution in [3.8, 4) is 0 Å². The van der Waals surface area contributed by atoms with Crippen molar-refractivity contribution in [3.05, 3.63) is 71.2 Å². The second-order valence-electron chi connectivity index (χ2n) is 6.95. The van der Waals surface area contributed by atoms with Crippen LogP contribution in [0.4, 0.5) is 30.2 Å². The Morgan fingerprint density at radius 2 is 1.45 bits per heavy atom. The molecule has 1 aromatic heterocycles. The topological polar surface area (TPSA) is 71.1 Å². The van der Waals surface area contributed by atoms with Gasteiger partial charge >= 0.3 is 6.18 Å². The van der Waals surface area contributed by atoms with Gasteiger partial charge in [-0.15, -0.1) is 0 Å². The zero-order valence-electron chi connectivity index (χ0n) is 16.0. The fourth-order valence-corrected chi connectivity index (χ4v) is 3.94. The average molecular weight is 466 g/mol. The Morgan fingerprint density at radius 1 is 0.871 bits per heavy atom. The lowest BCUT2D eigenvalue weighted by Crippen LogP contribution is -2.09. The molecule has 4 aromatic rings. The molecule has 0 bridgehead atoms. The molecular weight excluding hydrogens is 451 g/mol. The zero-order valence-corrected chi connectivity index (χ0v) is 17.5. The van der Waals surface area contributed by atoms with E-state index in [9.17, 15) is 21.6 Å². The second-order valence-corrected chi connectivity index (χ2v) is 9.14. The van der Waals surface area contributed by atoms with Crippen LogP contribution < -0.4 is 10.0 Å². The third kappa shape index (κ3) is 4.67. The second kappa shape index (κ2) is 7.58. The van der Waals surface area contributed by atoms with Gasteiger partial charge in [-0.1, -0.05) is 17.7 Å². The molecule has 31 heavy (non-hydrogen) atoms. The first kappa shape index (κ1) is 21.2. The fraction of sp³-hybridized carbons (Fsp3) is 0.0952. The molecule has 0 fully saturated rings. The molecule has 3 aromatic carbocycles. The molecule has 10 heteroatoms. The first-order valence-electron chi connectivity index (χ1n) is 8.95. The number of halogens is 4. The van der Waals surface area contributed by atoms with Crippen LogP contribution in [0, 0.1) is 0 Å². The molecule has 0 atom stereocenters. The summed E-state index contributed by atoms with van der Waals surface area (Å²) in [5.41, 5.74) is 1.38. The Morgan fingerprint density at radius 3 is 2.06 bits per heavy atom. The van der Waals surface area contributed by atoms with Gasteiger partial charge in [0.2, 0.25) is 10.0 Å². The molecule has 1 heterocycles. The smallest absolute Gasteiger partial charge is 0.354 e. The van der Waals surface area contributed by atoms with E-state index in [0.717, 1.165) is 18.4 Å². The highest BCUT2D eigenvalue weighted by Gasteiger charge is 2.31. The van der Waals surface area contributed by atoms with Crippen LogP contribution in [0.2, 0.25) is 5.02 Å². The van der Waals surface area contributed by atoms with Crippen LogP contribution in [0.5, 0.6) is 0 Å². The number of hydrogen-bond donors (Lipinski definition) is 2. The van der Waals surface area contributed by atoms with Gasteiger partial charge in [0.05, 0.1) is 28.5 Å². The maximum Gasteiger partial charge on any atom is 0.416 e. The van der Waals surface area contributed by atoms with Crippen LogP contribution in [-0.2, 0) is 16.2 Å². The minimum Gasteiger partial charge on any atom is -0.354 e. The summed E-state index contributed by atoms with van der Waals surface area (Å²) in [6.45, 7) is 0. The summed E-state index contributed by atoms with van der Waals surface area (Å²) in [6.07, 6.45) is -3.44. The van der Waals surface area contributed by atoms with E-state index in [-0.39, 0.29) is 5.52 Å². The van der Waals surface area contributed by atoms with Gasteiger partial charge in [-0.05, 0) is 54.6 Å². The van der Waals surface area contributed by atoms with Crippen molar-refractivity contribution >= 4 is 60.5 Å². The number of anilines is 3. The van der Waals surface area contributed by atoms with Crippen LogP contribution >= 0.6 is 11.6 Å². The van der Waals surface area contributed by atoms with E-state index in [2.05, 4.69) is 15.0 Å². The highest BCUT2D eigenvalue weighted by Crippen LogP contribution is 2.37. The number of aromatic nitrogens is 1. The first-order valence-corrected chi connectivity index (χ1v) is 11.2. The van der Waals surface area contributed by atoms with E-state index < -0.39 is 21.8 Å². The Balaban J connectivity index is 1.84. The average Bonchev–Trinajstić information content (AvgIpc) is 2.66. The Bertz CT molecular complexity index is 1410. The maximum atomic E-state index is 13.2. The van der Waals surface area contributed by atoms with Crippen molar-refractivity contribution in [2.75, 3.05) is 16.3 Å². The molecule has 2 N–H and O–H groups in total. The van der Waals surface area contributed by atoms with Gasteiger partial charge in [0.1, 0.15) is 0 Å². The van der Waals surface area contributed by atoms with Gasteiger partial charge in [-0.3, -0.25) is 4.72 Å². The number of benzene rings is 3. The molecule has 160 valence electrons. The molecule has 0 aliphatic rings. The minimum absolute atomic E-state index is 0.169. The van der Waals surface area contributed by atoms with Crippen LogP contribution in [0.25, 0.3) is 21.8 Å². The molecule has 0 aliphatic carbocycles. The number of pyridine rings is 1. The van der Waals surface area contributed by atoms with Gasteiger partial charge < -0.3 is 5.32 Å². The molecule has 0 amide bonds. The van der Waals surface area contributed by atoms with Gasteiger partial charge in [-0.25, -0.2) is 13.4 Å². The Labute approximate surface area is 180 Å². The van der Waals surface area contributed by atoms with Crippen LogP contribution in [0.3, 0.4) is 0 Å². The number of fused-ring (bicyclic) bond motifs is 2. The van der Waals surface area contributed by atoms with Crippen LogP contribution in [0.1, 0.15) is 5.56 Å². The molecule has 0 saturated heterocycles. The van der Waals surface area contributed by atoms with Gasteiger partial charge in [0.25, 0.3) is 0 Å². The Hall–Kier alpha value is -3.04. The molecule has 4 rings (SSSR count). The van der Waals surface area contributed by atoms with Gasteiger partial charge in [0, 0.05) is 27.2 Å². The lowest BCUT2D eigenvalue weighted by molar-refractivity contribution is -0.137. The molecule has 0 radical (unpaired) electrons. The van der Waals surface area contributed by atoms with Crippen molar-refractivity contribution in [1.29, 1.82) is 0 Å². The SMILES string of the molecule is CS(=O)(=O)Nc1ccc(Nc2c3ccc(Cl)cc3nc3cc(C(F)(F)F)ccc23)cc1. The van der Waals surface area contributed by atoms with Crippen molar-refractivity contribution in [2.45, 2.75) is 6.18 Å². The van der Waals surface area contributed by atoms with Gasteiger partial charge in [-0.2, -0.15) is 13.2 Å². The predicted octanol–water partition coefficient (Wildman–Crippen LogP) is 6.18. The standard InChI is InChI=1S/C21H15ClF3N3O2S/c1-31(29,30)28-15-6-4-14(5-7-15)26-20-16-8-2-12(21(23,24)25)10-18(16)27-19-11-13(22)3-9-17(19)20/h2-11,28H,1H3,(H,26,27). The largest absolute Gasteiger partial charge is 0.416 e. The maximum absolute atomic E-state index is 13.2. The number of nitrogens with one attached hydrogen (secondary N) is 2. The zero-order chi connectivity index (χ0) is 22.4. The monoisotopic (exact) mass is 465 g/mol. The molecule has 0 unspecified atom stereocenters. The van der Waals surface area contributed by atoms with E-state index in [0.29, 0.717) is 38.4 Å². The van der Waals surface area contributed by atoms with Crippen molar-refractivity contribution in [2.24, 2.45) is 0 Å². The molecule has 0 spiro atoms. The van der Waals surface area contributed by atoms with E-state index >= 15 is 0 Å². The Kier molecular flexibility index (Phi) is 5.18. The molecule has 5 nitrogen and oxygen atoms in total. The number of sulfonamides is 1. The summed E-state index contributed by atoms with van der Waals surface area (Å²) in [5.74, 6) is 0. The summed E-state index contributed by atoms with van der Waals surface area (Å²) < 4.78 is 64.7. The van der Waals surface area contributed by atoms with E-state index in [1.165, 1.54) is 6.07 Å². The lowest BCUT2D eigenvalue weighted by Gasteiger charge is -2.15.